The lowest BCUT2D eigenvalue weighted by molar-refractivity contribution is 0.0949. The van der Waals surface area contributed by atoms with Crippen molar-refractivity contribution < 1.29 is 4.79 Å². The molecule has 2 nitrogen and oxygen atoms in total. The first-order valence-corrected chi connectivity index (χ1v) is 6.53. The van der Waals surface area contributed by atoms with E-state index in [9.17, 15) is 4.79 Å². The third-order valence-electron chi connectivity index (χ3n) is 3.89. The number of aryl methyl sites for hydroxylation is 1. The third kappa shape index (κ3) is 1.78. The van der Waals surface area contributed by atoms with Crippen LogP contribution in [0, 0.1) is 6.92 Å². The number of carbonyl (C=O) groups is 1. The summed E-state index contributed by atoms with van der Waals surface area (Å²) < 4.78 is 0. The Labute approximate surface area is 107 Å². The second-order valence-corrected chi connectivity index (χ2v) is 5.04. The molecule has 92 valence electrons. The van der Waals surface area contributed by atoms with Crippen LogP contribution in [0.5, 0.6) is 0 Å². The molecule has 0 saturated heterocycles. The van der Waals surface area contributed by atoms with Crippen LogP contribution in [0.1, 0.15) is 45.9 Å². The van der Waals surface area contributed by atoms with E-state index in [-0.39, 0.29) is 11.7 Å². The smallest absolute Gasteiger partial charge is 0.171 e. The minimum absolute atomic E-state index is 0.0184. The van der Waals surface area contributed by atoms with Crippen LogP contribution in [-0.4, -0.2) is 10.8 Å². The summed E-state index contributed by atoms with van der Waals surface area (Å²) in [5, 5.41) is 0. The SMILES string of the molecule is Cc1c[nH]c2c1CCCC2C(=O)c1ccccc1. The van der Waals surface area contributed by atoms with Gasteiger partial charge in [0, 0.05) is 17.5 Å². The monoisotopic (exact) mass is 239 g/mol. The number of aromatic nitrogens is 1. The molecule has 3 rings (SSSR count). The standard InChI is InChI=1S/C16H17NO/c1-11-10-17-15-13(11)8-5-9-14(15)16(18)12-6-3-2-4-7-12/h2-4,6-7,10,14,17H,5,8-9H2,1H3. The van der Waals surface area contributed by atoms with Crippen LogP contribution in [-0.2, 0) is 6.42 Å². The number of benzene rings is 1. The zero-order valence-electron chi connectivity index (χ0n) is 10.6. The maximum atomic E-state index is 12.6. The number of aromatic amines is 1. The minimum atomic E-state index is 0.0184. The van der Waals surface area contributed by atoms with E-state index in [1.54, 1.807) is 0 Å². The van der Waals surface area contributed by atoms with Gasteiger partial charge in [0.2, 0.25) is 0 Å². The second kappa shape index (κ2) is 4.45. The van der Waals surface area contributed by atoms with Gasteiger partial charge in [0.05, 0.1) is 5.92 Å². The van der Waals surface area contributed by atoms with Crippen LogP contribution in [0.4, 0.5) is 0 Å². The van der Waals surface area contributed by atoms with Crippen molar-refractivity contribution in [3.63, 3.8) is 0 Å². The topological polar surface area (TPSA) is 32.9 Å². The second-order valence-electron chi connectivity index (χ2n) is 5.04. The van der Waals surface area contributed by atoms with Crippen LogP contribution >= 0.6 is 0 Å². The van der Waals surface area contributed by atoms with Gasteiger partial charge in [-0.2, -0.15) is 0 Å². The summed E-state index contributed by atoms with van der Waals surface area (Å²) in [4.78, 5) is 15.9. The van der Waals surface area contributed by atoms with Crippen molar-refractivity contribution in [1.29, 1.82) is 0 Å². The van der Waals surface area contributed by atoms with E-state index < -0.39 is 0 Å². The van der Waals surface area contributed by atoms with Crippen LogP contribution in [0.3, 0.4) is 0 Å². The van der Waals surface area contributed by atoms with Gasteiger partial charge in [-0.15, -0.1) is 0 Å². The van der Waals surface area contributed by atoms with Gasteiger partial charge in [-0.1, -0.05) is 30.3 Å². The molecular formula is C16H17NO. The number of hydrogen-bond acceptors (Lipinski definition) is 1. The van der Waals surface area contributed by atoms with Crippen LogP contribution in [0.15, 0.2) is 36.5 Å². The highest BCUT2D eigenvalue weighted by atomic mass is 16.1. The van der Waals surface area contributed by atoms with E-state index in [0.29, 0.717) is 0 Å². The number of H-pyrrole nitrogens is 1. The average molecular weight is 239 g/mol. The summed E-state index contributed by atoms with van der Waals surface area (Å²) in [7, 11) is 0. The van der Waals surface area contributed by atoms with E-state index in [1.807, 2.05) is 36.5 Å². The molecule has 1 N–H and O–H groups in total. The van der Waals surface area contributed by atoms with Crippen molar-refractivity contribution in [1.82, 2.24) is 4.98 Å². The molecule has 2 heteroatoms. The minimum Gasteiger partial charge on any atom is -0.364 e. The van der Waals surface area contributed by atoms with Gasteiger partial charge in [0.15, 0.2) is 5.78 Å². The predicted octanol–water partition coefficient (Wildman–Crippen LogP) is 3.63. The Bertz CT molecular complexity index is 568. The lowest BCUT2D eigenvalue weighted by Gasteiger charge is -2.22. The van der Waals surface area contributed by atoms with Gasteiger partial charge in [0.1, 0.15) is 0 Å². The van der Waals surface area contributed by atoms with Crippen molar-refractivity contribution >= 4 is 5.78 Å². The van der Waals surface area contributed by atoms with Gasteiger partial charge in [-0.3, -0.25) is 4.79 Å². The third-order valence-corrected chi connectivity index (χ3v) is 3.89. The van der Waals surface area contributed by atoms with Crippen LogP contribution in [0.25, 0.3) is 0 Å². The fourth-order valence-electron chi connectivity index (χ4n) is 2.91. The molecular weight excluding hydrogens is 222 g/mol. The van der Waals surface area contributed by atoms with Gasteiger partial charge in [0.25, 0.3) is 0 Å². The summed E-state index contributed by atoms with van der Waals surface area (Å²) in [6.45, 7) is 2.12. The molecule has 18 heavy (non-hydrogen) atoms. The molecule has 1 aliphatic rings. The Morgan fingerprint density at radius 1 is 1.28 bits per heavy atom. The van der Waals surface area contributed by atoms with Gasteiger partial charge < -0.3 is 4.98 Å². The van der Waals surface area contributed by atoms with Crippen LogP contribution in [0.2, 0.25) is 0 Å². The largest absolute Gasteiger partial charge is 0.364 e. The Morgan fingerprint density at radius 3 is 2.83 bits per heavy atom. The normalized spacial score (nSPS) is 18.4. The highest BCUT2D eigenvalue weighted by molar-refractivity contribution is 6.01. The van der Waals surface area contributed by atoms with Gasteiger partial charge in [-0.25, -0.2) is 0 Å². The number of Topliss-reactive ketones (excluding diaryl/α,β-unsaturated/α-hetero) is 1. The molecule has 2 aromatic rings. The molecule has 0 fully saturated rings. The van der Waals surface area contributed by atoms with E-state index in [2.05, 4.69) is 11.9 Å². The van der Waals surface area contributed by atoms with Crippen molar-refractivity contribution in [3.8, 4) is 0 Å². The van der Waals surface area contributed by atoms with E-state index >= 15 is 0 Å². The van der Waals surface area contributed by atoms with Crippen molar-refractivity contribution in [2.24, 2.45) is 0 Å². The van der Waals surface area contributed by atoms with E-state index in [4.69, 9.17) is 0 Å². The predicted molar refractivity (Wildman–Crippen MR) is 72.0 cm³/mol. The number of rotatable bonds is 2. The van der Waals surface area contributed by atoms with E-state index in [1.165, 1.54) is 11.1 Å². The Balaban J connectivity index is 1.97. The molecule has 1 unspecified atom stereocenters. The Hall–Kier alpha value is -1.83. The fourth-order valence-corrected chi connectivity index (χ4v) is 2.91. The number of nitrogens with one attached hydrogen (secondary N) is 1. The molecule has 0 radical (unpaired) electrons. The Morgan fingerprint density at radius 2 is 2.06 bits per heavy atom. The summed E-state index contributed by atoms with van der Waals surface area (Å²) in [6, 6.07) is 9.62. The number of ketones is 1. The quantitative estimate of drug-likeness (QED) is 0.798. The molecule has 0 aliphatic heterocycles. The van der Waals surface area contributed by atoms with Gasteiger partial charge >= 0.3 is 0 Å². The molecule has 0 spiro atoms. The Kier molecular flexibility index (Phi) is 2.78. The van der Waals surface area contributed by atoms with Crippen molar-refractivity contribution in [3.05, 3.63) is 58.9 Å². The summed E-state index contributed by atoms with van der Waals surface area (Å²) in [5.41, 5.74) is 4.61. The highest BCUT2D eigenvalue weighted by Crippen LogP contribution is 2.34. The maximum Gasteiger partial charge on any atom is 0.171 e. The summed E-state index contributed by atoms with van der Waals surface area (Å²) >= 11 is 0. The molecule has 0 bridgehead atoms. The molecule has 1 aromatic carbocycles. The first-order chi connectivity index (χ1) is 8.77. The maximum absolute atomic E-state index is 12.6. The molecule has 0 amide bonds. The highest BCUT2D eigenvalue weighted by Gasteiger charge is 2.29. The van der Waals surface area contributed by atoms with E-state index in [0.717, 1.165) is 30.5 Å². The molecule has 1 aliphatic carbocycles. The zero-order valence-corrected chi connectivity index (χ0v) is 10.6. The lowest BCUT2D eigenvalue weighted by Crippen LogP contribution is -2.18. The molecule has 0 saturated carbocycles. The first-order valence-electron chi connectivity index (χ1n) is 6.53. The van der Waals surface area contributed by atoms with Crippen molar-refractivity contribution in [2.75, 3.05) is 0 Å². The first kappa shape index (κ1) is 11.3. The number of fused-ring (bicyclic) bond motifs is 1. The average Bonchev–Trinajstić information content (AvgIpc) is 2.81. The number of hydrogen-bond donors (Lipinski definition) is 1. The lowest BCUT2D eigenvalue weighted by atomic mass is 9.82. The molecule has 1 heterocycles. The zero-order chi connectivity index (χ0) is 12.5. The summed E-state index contributed by atoms with van der Waals surface area (Å²) in [5.74, 6) is 0.267. The molecule has 1 atom stereocenters. The summed E-state index contributed by atoms with van der Waals surface area (Å²) in [6.07, 6.45) is 5.19. The fraction of sp³-hybridized carbons (Fsp3) is 0.312. The van der Waals surface area contributed by atoms with Crippen LogP contribution < -0.4 is 0 Å². The number of carbonyl (C=O) groups excluding carboxylic acids is 1. The van der Waals surface area contributed by atoms with Crippen molar-refractivity contribution in [2.45, 2.75) is 32.1 Å². The molecule has 1 aromatic heterocycles. The van der Waals surface area contributed by atoms with Gasteiger partial charge in [-0.05, 0) is 37.3 Å².